The summed E-state index contributed by atoms with van der Waals surface area (Å²) in [7, 11) is 0. The molecule has 2 bridgehead atoms. The third-order valence-electron chi connectivity index (χ3n) is 3.62. The van der Waals surface area contributed by atoms with E-state index in [1.807, 2.05) is 0 Å². The number of ether oxygens (including phenoxy) is 1. The maximum Gasteiger partial charge on any atom is 0.0786 e. The highest BCUT2D eigenvalue weighted by Crippen LogP contribution is 2.51. The number of alkyl halides is 1. The number of halogens is 1. The first kappa shape index (κ1) is 9.01. The highest BCUT2D eigenvalue weighted by Gasteiger charge is 2.52. The van der Waals surface area contributed by atoms with Gasteiger partial charge in [0.05, 0.1) is 11.2 Å². The molecular weight excluding hydrogens is 216 g/mol. The second kappa shape index (κ2) is 2.48. The fourth-order valence-electron chi connectivity index (χ4n) is 2.67. The van der Waals surface area contributed by atoms with Crippen LogP contribution < -0.4 is 0 Å². The monoisotopic (exact) mass is 232 g/mol. The van der Waals surface area contributed by atoms with Crippen molar-refractivity contribution in [2.45, 2.75) is 56.1 Å². The highest BCUT2D eigenvalue weighted by atomic mass is 79.9. The van der Waals surface area contributed by atoms with Gasteiger partial charge in [-0.3, -0.25) is 0 Å². The fraction of sp³-hybridized carbons (Fsp3) is 1.00. The van der Waals surface area contributed by atoms with Crippen molar-refractivity contribution in [3.63, 3.8) is 0 Å². The van der Waals surface area contributed by atoms with Crippen LogP contribution in [0.2, 0.25) is 0 Å². The largest absolute Gasteiger partial charge is 0.368 e. The van der Waals surface area contributed by atoms with E-state index in [1.165, 1.54) is 19.3 Å². The van der Waals surface area contributed by atoms with Gasteiger partial charge in [0.15, 0.2) is 0 Å². The summed E-state index contributed by atoms with van der Waals surface area (Å²) in [6, 6.07) is 0. The minimum atomic E-state index is 0.0955. The van der Waals surface area contributed by atoms with Crippen LogP contribution in [-0.4, -0.2) is 16.0 Å². The first-order valence-corrected chi connectivity index (χ1v) is 5.70. The van der Waals surface area contributed by atoms with Crippen LogP contribution in [-0.2, 0) is 4.74 Å². The molecule has 0 unspecified atom stereocenters. The summed E-state index contributed by atoms with van der Waals surface area (Å²) in [5, 5.41) is 0. The Labute approximate surface area is 83.0 Å². The van der Waals surface area contributed by atoms with Gasteiger partial charge in [-0.05, 0) is 46.0 Å². The van der Waals surface area contributed by atoms with Crippen molar-refractivity contribution in [3.05, 3.63) is 0 Å². The molecule has 1 nitrogen and oxygen atoms in total. The van der Waals surface area contributed by atoms with Gasteiger partial charge in [-0.15, -0.1) is 0 Å². The lowest BCUT2D eigenvalue weighted by atomic mass is 9.69. The van der Waals surface area contributed by atoms with Crippen LogP contribution in [0.25, 0.3) is 0 Å². The Hall–Kier alpha value is 0.440. The van der Waals surface area contributed by atoms with E-state index in [1.54, 1.807) is 0 Å². The van der Waals surface area contributed by atoms with E-state index in [0.717, 1.165) is 5.92 Å². The third-order valence-corrected chi connectivity index (χ3v) is 4.96. The van der Waals surface area contributed by atoms with Crippen LogP contribution in [0.4, 0.5) is 0 Å². The second-order valence-electron chi connectivity index (χ2n) is 4.96. The first-order valence-electron chi connectivity index (χ1n) is 4.78. The second-order valence-corrected chi connectivity index (χ2v) is 6.06. The molecule has 70 valence electrons. The van der Waals surface area contributed by atoms with Crippen molar-refractivity contribution >= 4 is 15.9 Å². The summed E-state index contributed by atoms with van der Waals surface area (Å²) in [4.78, 5) is 0.566. The molecule has 3 atom stereocenters. The predicted octanol–water partition coefficient (Wildman–Crippen LogP) is 3.12. The molecule has 0 amide bonds. The minimum Gasteiger partial charge on any atom is -0.368 e. The van der Waals surface area contributed by atoms with Gasteiger partial charge in [0.2, 0.25) is 0 Å². The molecule has 3 fully saturated rings. The Morgan fingerprint density at radius 3 is 2.33 bits per heavy atom. The van der Waals surface area contributed by atoms with Crippen molar-refractivity contribution in [3.8, 4) is 0 Å². The molecule has 3 aliphatic rings. The molecule has 2 aliphatic heterocycles. The molecule has 0 aromatic heterocycles. The van der Waals surface area contributed by atoms with Gasteiger partial charge in [0.25, 0.3) is 0 Å². The van der Waals surface area contributed by atoms with Crippen LogP contribution >= 0.6 is 15.9 Å². The van der Waals surface area contributed by atoms with E-state index < -0.39 is 0 Å². The van der Waals surface area contributed by atoms with Gasteiger partial charge in [-0.2, -0.15) is 0 Å². The molecule has 1 aliphatic carbocycles. The van der Waals surface area contributed by atoms with Crippen molar-refractivity contribution in [1.29, 1.82) is 0 Å². The number of rotatable bonds is 0. The normalized spacial score (nSPS) is 51.0. The molecular formula is C10H17BrO. The van der Waals surface area contributed by atoms with Crippen LogP contribution in [0.15, 0.2) is 0 Å². The van der Waals surface area contributed by atoms with E-state index >= 15 is 0 Å². The average Bonchev–Trinajstić information content (AvgIpc) is 1.91. The lowest BCUT2D eigenvalue weighted by molar-refractivity contribution is -0.224. The zero-order valence-corrected chi connectivity index (χ0v) is 9.65. The van der Waals surface area contributed by atoms with Crippen molar-refractivity contribution < 1.29 is 4.74 Å². The van der Waals surface area contributed by atoms with Crippen molar-refractivity contribution in [2.24, 2.45) is 5.92 Å². The van der Waals surface area contributed by atoms with Crippen LogP contribution in [0.5, 0.6) is 0 Å². The van der Waals surface area contributed by atoms with Gasteiger partial charge in [-0.25, -0.2) is 0 Å². The molecule has 0 spiro atoms. The SMILES string of the molecule is CC1(C)O[C@]2(C)CC[C@H]1C[C@H]2Br. The molecule has 0 aromatic rings. The molecule has 0 N–H and O–H groups in total. The predicted molar refractivity (Wildman–Crippen MR) is 53.6 cm³/mol. The molecule has 2 heteroatoms. The summed E-state index contributed by atoms with van der Waals surface area (Å²) >= 11 is 3.73. The van der Waals surface area contributed by atoms with Crippen molar-refractivity contribution in [1.82, 2.24) is 0 Å². The van der Waals surface area contributed by atoms with Gasteiger partial charge >= 0.3 is 0 Å². The van der Waals surface area contributed by atoms with Gasteiger partial charge in [-0.1, -0.05) is 15.9 Å². The number of fused-ring (bicyclic) bond motifs is 3. The van der Waals surface area contributed by atoms with Crippen LogP contribution in [0.1, 0.15) is 40.0 Å². The zero-order chi connectivity index (χ0) is 8.98. The standard InChI is InChI=1S/C10H17BrO/c1-9(2)7-4-5-10(3,12-9)8(11)6-7/h7-8H,4-6H2,1-3H3/t7-,8+,10+/m0/s1. The molecule has 2 heterocycles. The Bertz CT molecular complexity index is 202. The summed E-state index contributed by atoms with van der Waals surface area (Å²) in [5.41, 5.74) is 0.204. The molecule has 2 saturated heterocycles. The fourth-order valence-corrected chi connectivity index (χ4v) is 3.44. The van der Waals surface area contributed by atoms with E-state index in [0.29, 0.717) is 4.83 Å². The highest BCUT2D eigenvalue weighted by molar-refractivity contribution is 9.09. The quantitative estimate of drug-likeness (QED) is 0.584. The molecule has 0 aromatic carbocycles. The summed E-state index contributed by atoms with van der Waals surface area (Å²) in [5.74, 6) is 0.753. The topological polar surface area (TPSA) is 9.23 Å². The Kier molecular flexibility index (Phi) is 1.86. The summed E-state index contributed by atoms with van der Waals surface area (Å²) < 4.78 is 6.13. The minimum absolute atomic E-state index is 0.0955. The van der Waals surface area contributed by atoms with E-state index in [-0.39, 0.29) is 11.2 Å². The lowest BCUT2D eigenvalue weighted by Gasteiger charge is -2.56. The summed E-state index contributed by atoms with van der Waals surface area (Å²) in [6.45, 7) is 6.70. The maximum absolute atomic E-state index is 6.13. The summed E-state index contributed by atoms with van der Waals surface area (Å²) in [6.07, 6.45) is 3.84. The van der Waals surface area contributed by atoms with E-state index in [9.17, 15) is 0 Å². The van der Waals surface area contributed by atoms with Gasteiger partial charge in [0, 0.05) is 4.83 Å². The third kappa shape index (κ3) is 1.15. The zero-order valence-electron chi connectivity index (χ0n) is 8.06. The molecule has 3 rings (SSSR count). The smallest absolute Gasteiger partial charge is 0.0786 e. The molecule has 1 saturated carbocycles. The molecule has 12 heavy (non-hydrogen) atoms. The van der Waals surface area contributed by atoms with Gasteiger partial charge in [0.1, 0.15) is 0 Å². The van der Waals surface area contributed by atoms with Gasteiger partial charge < -0.3 is 4.74 Å². The molecule has 0 radical (unpaired) electrons. The van der Waals surface area contributed by atoms with Crippen LogP contribution in [0.3, 0.4) is 0 Å². The maximum atomic E-state index is 6.13. The van der Waals surface area contributed by atoms with Crippen LogP contribution in [0, 0.1) is 5.92 Å². The van der Waals surface area contributed by atoms with E-state index in [2.05, 4.69) is 36.7 Å². The lowest BCUT2D eigenvalue weighted by Crippen LogP contribution is -2.59. The Balaban J connectivity index is 2.26. The Morgan fingerprint density at radius 2 is 2.00 bits per heavy atom. The number of hydrogen-bond donors (Lipinski definition) is 0. The van der Waals surface area contributed by atoms with E-state index in [4.69, 9.17) is 4.74 Å². The Morgan fingerprint density at radius 1 is 1.33 bits per heavy atom. The number of hydrogen-bond acceptors (Lipinski definition) is 1. The average molecular weight is 233 g/mol. The first-order chi connectivity index (χ1) is 5.44. The van der Waals surface area contributed by atoms with Crippen molar-refractivity contribution in [2.75, 3.05) is 0 Å².